The first-order valence-electron chi connectivity index (χ1n) is 5.57. The first-order chi connectivity index (χ1) is 8.75. The number of nitrogens with zero attached hydrogens (tertiary/aromatic N) is 2. The van der Waals surface area contributed by atoms with Crippen LogP contribution in [0.4, 0.5) is 5.95 Å². The zero-order valence-corrected chi connectivity index (χ0v) is 11.3. The standard InChI is InChI=1S/C11H14N4O3S/c1-6(2)19(17,18)15-9-5-7(10(12)16)3-4-8(9)14-11(15)13/h3-6H,1-2H3,(H2,12,16)(H2,13,14). The summed E-state index contributed by atoms with van der Waals surface area (Å²) in [6.07, 6.45) is 0. The average Bonchev–Trinajstić information content (AvgIpc) is 2.63. The van der Waals surface area contributed by atoms with E-state index >= 15 is 0 Å². The highest BCUT2D eigenvalue weighted by molar-refractivity contribution is 7.90. The first-order valence-corrected chi connectivity index (χ1v) is 7.07. The molecule has 0 aliphatic rings. The van der Waals surface area contributed by atoms with Crippen LogP contribution in [0.1, 0.15) is 24.2 Å². The molecular formula is C11H14N4O3S. The van der Waals surface area contributed by atoms with Crippen LogP contribution in [0.5, 0.6) is 0 Å². The molecule has 8 heteroatoms. The quantitative estimate of drug-likeness (QED) is 0.838. The number of carbonyl (C=O) groups excluding carboxylic acids is 1. The molecule has 4 N–H and O–H groups in total. The van der Waals surface area contributed by atoms with Gasteiger partial charge in [-0.1, -0.05) is 0 Å². The Hall–Kier alpha value is -2.09. The number of fused-ring (bicyclic) bond motifs is 1. The summed E-state index contributed by atoms with van der Waals surface area (Å²) in [5.74, 6) is -0.777. The molecule has 0 unspecified atom stereocenters. The molecule has 0 saturated carbocycles. The first kappa shape index (κ1) is 13.3. The van der Waals surface area contributed by atoms with Gasteiger partial charge in [0.25, 0.3) is 0 Å². The highest BCUT2D eigenvalue weighted by Crippen LogP contribution is 2.23. The zero-order valence-electron chi connectivity index (χ0n) is 10.5. The fraction of sp³-hybridized carbons (Fsp3) is 0.273. The predicted molar refractivity (Wildman–Crippen MR) is 72.1 cm³/mol. The third-order valence-electron chi connectivity index (χ3n) is 2.77. The molecule has 0 aliphatic carbocycles. The number of aromatic nitrogens is 2. The number of hydrogen-bond donors (Lipinski definition) is 2. The Labute approximate surface area is 110 Å². The number of amides is 1. The molecule has 102 valence electrons. The van der Waals surface area contributed by atoms with Gasteiger partial charge in [0.05, 0.1) is 16.3 Å². The number of anilines is 1. The molecule has 0 atom stereocenters. The van der Waals surface area contributed by atoms with Crippen molar-refractivity contribution in [3.8, 4) is 0 Å². The third-order valence-corrected chi connectivity index (χ3v) is 4.86. The van der Waals surface area contributed by atoms with E-state index in [-0.39, 0.29) is 17.0 Å². The van der Waals surface area contributed by atoms with Crippen LogP contribution in [-0.4, -0.2) is 28.5 Å². The summed E-state index contributed by atoms with van der Waals surface area (Å²) < 4.78 is 25.4. The fourth-order valence-electron chi connectivity index (χ4n) is 1.70. The normalized spacial score (nSPS) is 12.2. The van der Waals surface area contributed by atoms with Crippen LogP contribution in [-0.2, 0) is 10.0 Å². The molecule has 2 aromatic rings. The SMILES string of the molecule is CC(C)S(=O)(=O)n1c(N)nc2ccc(C(N)=O)cc21. The van der Waals surface area contributed by atoms with Crippen molar-refractivity contribution in [2.24, 2.45) is 5.73 Å². The van der Waals surface area contributed by atoms with Crippen LogP contribution in [0.2, 0.25) is 0 Å². The van der Waals surface area contributed by atoms with E-state index in [1.807, 2.05) is 0 Å². The molecule has 1 aromatic heterocycles. The van der Waals surface area contributed by atoms with E-state index in [1.54, 1.807) is 13.8 Å². The highest BCUT2D eigenvalue weighted by atomic mass is 32.2. The maximum Gasteiger partial charge on any atom is 0.248 e. The lowest BCUT2D eigenvalue weighted by atomic mass is 10.2. The van der Waals surface area contributed by atoms with E-state index in [9.17, 15) is 13.2 Å². The largest absolute Gasteiger partial charge is 0.368 e. The van der Waals surface area contributed by atoms with Crippen LogP contribution in [0.25, 0.3) is 11.0 Å². The van der Waals surface area contributed by atoms with E-state index in [2.05, 4.69) is 4.98 Å². The van der Waals surface area contributed by atoms with Crippen LogP contribution >= 0.6 is 0 Å². The minimum atomic E-state index is -3.66. The van der Waals surface area contributed by atoms with E-state index in [4.69, 9.17) is 11.5 Å². The van der Waals surface area contributed by atoms with Gasteiger partial charge >= 0.3 is 0 Å². The number of nitrogen functional groups attached to an aromatic ring is 1. The summed E-state index contributed by atoms with van der Waals surface area (Å²) in [4.78, 5) is 15.1. The second-order valence-corrected chi connectivity index (χ2v) is 6.73. The number of benzene rings is 1. The summed E-state index contributed by atoms with van der Waals surface area (Å²) in [6, 6.07) is 4.36. The van der Waals surface area contributed by atoms with Crippen molar-refractivity contribution < 1.29 is 13.2 Å². The Morgan fingerprint density at radius 2 is 2.00 bits per heavy atom. The molecule has 19 heavy (non-hydrogen) atoms. The molecule has 7 nitrogen and oxygen atoms in total. The molecule has 2 rings (SSSR count). The Morgan fingerprint density at radius 3 is 2.53 bits per heavy atom. The summed E-state index contributed by atoms with van der Waals surface area (Å²) >= 11 is 0. The number of imidazole rings is 1. The van der Waals surface area contributed by atoms with E-state index in [0.29, 0.717) is 5.52 Å². The lowest BCUT2D eigenvalue weighted by Gasteiger charge is -2.11. The van der Waals surface area contributed by atoms with Crippen molar-refractivity contribution in [2.75, 3.05) is 5.73 Å². The van der Waals surface area contributed by atoms with Crippen LogP contribution in [0, 0.1) is 0 Å². The van der Waals surface area contributed by atoms with Gasteiger partial charge in [-0.15, -0.1) is 0 Å². The Bertz CT molecular complexity index is 762. The highest BCUT2D eigenvalue weighted by Gasteiger charge is 2.24. The Kier molecular flexibility index (Phi) is 2.97. The molecule has 0 bridgehead atoms. The topological polar surface area (TPSA) is 121 Å². The molecule has 1 amide bonds. The smallest absolute Gasteiger partial charge is 0.248 e. The number of hydrogen-bond acceptors (Lipinski definition) is 5. The summed E-state index contributed by atoms with van der Waals surface area (Å²) in [5.41, 5.74) is 11.7. The number of nitrogens with two attached hydrogens (primary N) is 2. The summed E-state index contributed by atoms with van der Waals surface area (Å²) in [7, 11) is -3.66. The van der Waals surface area contributed by atoms with Crippen LogP contribution in [0.15, 0.2) is 18.2 Å². The maximum atomic E-state index is 12.2. The van der Waals surface area contributed by atoms with Gasteiger partial charge in [-0.3, -0.25) is 4.79 Å². The molecule has 1 aromatic carbocycles. The molecule has 0 radical (unpaired) electrons. The maximum absolute atomic E-state index is 12.2. The molecule has 1 heterocycles. The molecule has 0 aliphatic heterocycles. The lowest BCUT2D eigenvalue weighted by Crippen LogP contribution is -2.24. The predicted octanol–water partition coefficient (Wildman–Crippen LogP) is 0.304. The van der Waals surface area contributed by atoms with Crippen molar-refractivity contribution in [1.29, 1.82) is 0 Å². The van der Waals surface area contributed by atoms with Crippen molar-refractivity contribution in [1.82, 2.24) is 8.96 Å². The Balaban J connectivity index is 2.84. The molecule has 0 saturated heterocycles. The van der Waals surface area contributed by atoms with Gasteiger partial charge in [0.1, 0.15) is 0 Å². The second kappa shape index (κ2) is 4.23. The number of primary amides is 1. The monoisotopic (exact) mass is 282 g/mol. The van der Waals surface area contributed by atoms with Gasteiger partial charge < -0.3 is 11.5 Å². The molecule has 0 spiro atoms. The van der Waals surface area contributed by atoms with Crippen LogP contribution in [0.3, 0.4) is 0 Å². The van der Waals surface area contributed by atoms with Gasteiger partial charge in [-0.25, -0.2) is 17.4 Å². The fourth-order valence-corrected chi connectivity index (χ4v) is 2.85. The van der Waals surface area contributed by atoms with Crippen LogP contribution < -0.4 is 11.5 Å². The lowest BCUT2D eigenvalue weighted by molar-refractivity contribution is 0.100. The molecule has 0 fully saturated rings. The van der Waals surface area contributed by atoms with Gasteiger partial charge in [0, 0.05) is 5.56 Å². The number of rotatable bonds is 3. The van der Waals surface area contributed by atoms with Gasteiger partial charge in [-0.2, -0.15) is 0 Å². The van der Waals surface area contributed by atoms with E-state index in [0.717, 1.165) is 3.97 Å². The van der Waals surface area contributed by atoms with Gasteiger partial charge in [0.15, 0.2) is 0 Å². The van der Waals surface area contributed by atoms with Gasteiger partial charge in [0.2, 0.25) is 21.9 Å². The van der Waals surface area contributed by atoms with Crippen molar-refractivity contribution in [3.63, 3.8) is 0 Å². The van der Waals surface area contributed by atoms with Crippen molar-refractivity contribution >= 4 is 32.9 Å². The minimum Gasteiger partial charge on any atom is -0.368 e. The summed E-state index contributed by atoms with van der Waals surface area (Å²) in [6.45, 7) is 3.08. The molecular weight excluding hydrogens is 268 g/mol. The van der Waals surface area contributed by atoms with Crippen molar-refractivity contribution in [2.45, 2.75) is 19.1 Å². The average molecular weight is 282 g/mol. The Morgan fingerprint density at radius 1 is 1.37 bits per heavy atom. The zero-order chi connectivity index (χ0) is 14.4. The minimum absolute atomic E-state index is 0.134. The van der Waals surface area contributed by atoms with Crippen molar-refractivity contribution in [3.05, 3.63) is 23.8 Å². The summed E-state index contributed by atoms with van der Waals surface area (Å²) in [5, 5.41) is -0.663. The van der Waals surface area contributed by atoms with E-state index in [1.165, 1.54) is 18.2 Å². The second-order valence-electron chi connectivity index (χ2n) is 4.40. The van der Waals surface area contributed by atoms with E-state index < -0.39 is 21.2 Å². The van der Waals surface area contributed by atoms with Gasteiger partial charge in [-0.05, 0) is 32.0 Å². The number of carbonyl (C=O) groups is 1. The third kappa shape index (κ3) is 2.03.